The summed E-state index contributed by atoms with van der Waals surface area (Å²) in [6, 6.07) is 0. The zero-order valence-corrected chi connectivity index (χ0v) is 11.2. The number of carbonyl (C=O) groups excluding carboxylic acids is 1. The Labute approximate surface area is 110 Å². The van der Waals surface area contributed by atoms with E-state index in [0.717, 1.165) is 0 Å². The van der Waals surface area contributed by atoms with Crippen molar-refractivity contribution < 1.29 is 18.3 Å². The number of pyridine rings is 1. The van der Waals surface area contributed by atoms with Gasteiger partial charge in [0.15, 0.2) is 0 Å². The van der Waals surface area contributed by atoms with E-state index in [2.05, 4.69) is 25.7 Å². The standard InChI is InChI=1S/C10H9BrClF2NO2/c1-17-7(16)2-6-8(10(13)14)9(11)5(3-12)4-15-6/h4,10H,2-3H2,1H3. The monoisotopic (exact) mass is 327 g/mol. The van der Waals surface area contributed by atoms with Crippen LogP contribution < -0.4 is 0 Å². The van der Waals surface area contributed by atoms with Gasteiger partial charge in [-0.05, 0) is 21.5 Å². The highest BCUT2D eigenvalue weighted by Gasteiger charge is 2.22. The third-order valence-corrected chi connectivity index (χ3v) is 3.33. The fourth-order valence-corrected chi connectivity index (χ4v) is 2.25. The highest BCUT2D eigenvalue weighted by atomic mass is 79.9. The highest BCUT2D eigenvalue weighted by molar-refractivity contribution is 9.10. The molecule has 0 radical (unpaired) electrons. The SMILES string of the molecule is COC(=O)Cc1ncc(CCl)c(Br)c1C(F)F. The second kappa shape index (κ2) is 6.26. The van der Waals surface area contributed by atoms with E-state index >= 15 is 0 Å². The van der Waals surface area contributed by atoms with Crippen molar-refractivity contribution in [3.63, 3.8) is 0 Å². The fraction of sp³-hybridized carbons (Fsp3) is 0.400. The van der Waals surface area contributed by atoms with Crippen LogP contribution in [-0.4, -0.2) is 18.1 Å². The molecule has 0 fully saturated rings. The molecule has 94 valence electrons. The molecule has 1 aromatic rings. The second-order valence-corrected chi connectivity index (χ2v) is 4.21. The molecule has 0 saturated heterocycles. The number of alkyl halides is 3. The van der Waals surface area contributed by atoms with Crippen LogP contribution in [0.5, 0.6) is 0 Å². The van der Waals surface area contributed by atoms with Crippen molar-refractivity contribution in [2.24, 2.45) is 0 Å². The lowest BCUT2D eigenvalue weighted by Crippen LogP contribution is -2.10. The first-order chi connectivity index (χ1) is 8.01. The molecule has 1 heterocycles. The number of aromatic nitrogens is 1. The average molecular weight is 329 g/mol. The summed E-state index contributed by atoms with van der Waals surface area (Å²) in [6.07, 6.45) is -1.67. The Morgan fingerprint density at radius 1 is 1.65 bits per heavy atom. The lowest BCUT2D eigenvalue weighted by Gasteiger charge is -2.11. The van der Waals surface area contributed by atoms with E-state index in [1.807, 2.05) is 0 Å². The average Bonchev–Trinajstić information content (AvgIpc) is 2.28. The van der Waals surface area contributed by atoms with Gasteiger partial charge < -0.3 is 4.74 Å². The van der Waals surface area contributed by atoms with Crippen LogP contribution in [0, 0.1) is 0 Å². The van der Waals surface area contributed by atoms with Crippen molar-refractivity contribution in [2.45, 2.75) is 18.7 Å². The number of carbonyl (C=O) groups is 1. The molecule has 0 aliphatic heterocycles. The Hall–Kier alpha value is -0.750. The summed E-state index contributed by atoms with van der Waals surface area (Å²) < 4.78 is 30.4. The molecule has 0 aliphatic carbocycles. The van der Waals surface area contributed by atoms with E-state index in [1.165, 1.54) is 13.3 Å². The van der Waals surface area contributed by atoms with Crippen LogP contribution >= 0.6 is 27.5 Å². The van der Waals surface area contributed by atoms with E-state index in [9.17, 15) is 13.6 Å². The van der Waals surface area contributed by atoms with Crippen LogP contribution in [0.2, 0.25) is 0 Å². The summed E-state index contributed by atoms with van der Waals surface area (Å²) in [7, 11) is 1.19. The highest BCUT2D eigenvalue weighted by Crippen LogP contribution is 2.33. The van der Waals surface area contributed by atoms with Crippen LogP contribution in [-0.2, 0) is 21.8 Å². The van der Waals surface area contributed by atoms with E-state index in [1.54, 1.807) is 0 Å². The molecule has 3 nitrogen and oxygen atoms in total. The van der Waals surface area contributed by atoms with Crippen LogP contribution in [0.25, 0.3) is 0 Å². The summed E-state index contributed by atoms with van der Waals surface area (Å²) >= 11 is 8.64. The van der Waals surface area contributed by atoms with Gasteiger partial charge in [-0.25, -0.2) is 8.78 Å². The van der Waals surface area contributed by atoms with Crippen LogP contribution in [0.1, 0.15) is 23.2 Å². The molecule has 0 amide bonds. The Kier molecular flexibility index (Phi) is 5.27. The number of ether oxygens (including phenoxy) is 1. The molecule has 7 heteroatoms. The van der Waals surface area contributed by atoms with Crippen LogP contribution in [0.3, 0.4) is 0 Å². The number of esters is 1. The Balaban J connectivity index is 3.21. The Bertz CT molecular complexity index is 429. The van der Waals surface area contributed by atoms with E-state index < -0.39 is 12.4 Å². The van der Waals surface area contributed by atoms with Gasteiger partial charge in [-0.2, -0.15) is 0 Å². The largest absolute Gasteiger partial charge is 0.469 e. The van der Waals surface area contributed by atoms with Gasteiger partial charge in [0.25, 0.3) is 6.43 Å². The van der Waals surface area contributed by atoms with Crippen LogP contribution in [0.15, 0.2) is 10.7 Å². The molecule has 0 unspecified atom stereocenters. The van der Waals surface area contributed by atoms with Crippen molar-refractivity contribution in [1.29, 1.82) is 0 Å². The molecule has 1 aromatic heterocycles. The number of rotatable bonds is 4. The molecular weight excluding hydrogens is 319 g/mol. The molecule has 0 saturated carbocycles. The van der Waals surface area contributed by atoms with Crippen LogP contribution in [0.4, 0.5) is 8.78 Å². The molecule has 0 aliphatic rings. The first-order valence-corrected chi connectivity index (χ1v) is 5.91. The zero-order valence-electron chi connectivity index (χ0n) is 8.84. The summed E-state index contributed by atoms with van der Waals surface area (Å²) in [5.74, 6) is -0.559. The topological polar surface area (TPSA) is 39.2 Å². The lowest BCUT2D eigenvalue weighted by atomic mass is 10.1. The van der Waals surface area contributed by atoms with Gasteiger partial charge in [0.2, 0.25) is 0 Å². The number of hydrogen-bond donors (Lipinski definition) is 0. The van der Waals surface area contributed by atoms with Gasteiger partial charge in [-0.15, -0.1) is 11.6 Å². The lowest BCUT2D eigenvalue weighted by molar-refractivity contribution is -0.139. The molecular formula is C10H9BrClF2NO2. The summed E-state index contributed by atoms with van der Waals surface area (Å²) in [4.78, 5) is 14.9. The van der Waals surface area contributed by atoms with Crippen molar-refractivity contribution >= 4 is 33.5 Å². The van der Waals surface area contributed by atoms with Gasteiger partial charge in [0.1, 0.15) is 0 Å². The fourth-order valence-electron chi connectivity index (χ4n) is 1.25. The predicted octanol–water partition coefficient (Wildman–Crippen LogP) is 3.24. The van der Waals surface area contributed by atoms with Gasteiger partial charge in [0, 0.05) is 10.7 Å². The van der Waals surface area contributed by atoms with Crippen molar-refractivity contribution in [3.05, 3.63) is 27.5 Å². The van der Waals surface area contributed by atoms with Gasteiger partial charge in [0.05, 0.1) is 30.7 Å². The summed E-state index contributed by atoms with van der Waals surface area (Å²) in [5.41, 5.74) is 0.136. The summed E-state index contributed by atoms with van der Waals surface area (Å²) in [5, 5.41) is 0. The second-order valence-electron chi connectivity index (χ2n) is 3.15. The minimum atomic E-state index is -2.74. The molecule has 1 rings (SSSR count). The van der Waals surface area contributed by atoms with Gasteiger partial charge in [-0.3, -0.25) is 9.78 Å². The van der Waals surface area contributed by atoms with Crippen molar-refractivity contribution in [2.75, 3.05) is 7.11 Å². The third kappa shape index (κ3) is 3.35. The zero-order chi connectivity index (χ0) is 13.0. The minimum Gasteiger partial charge on any atom is -0.469 e. The van der Waals surface area contributed by atoms with Gasteiger partial charge in [-0.1, -0.05) is 0 Å². The maximum atomic E-state index is 12.9. The van der Waals surface area contributed by atoms with Gasteiger partial charge >= 0.3 is 5.97 Å². The normalized spacial score (nSPS) is 10.7. The molecule has 17 heavy (non-hydrogen) atoms. The molecule has 0 N–H and O–H groups in total. The molecule has 0 aromatic carbocycles. The molecule has 0 bridgehead atoms. The number of halogens is 4. The number of hydrogen-bond acceptors (Lipinski definition) is 3. The molecule has 0 atom stereocenters. The Morgan fingerprint density at radius 3 is 2.76 bits per heavy atom. The minimum absolute atomic E-state index is 0.00686. The van der Waals surface area contributed by atoms with E-state index in [4.69, 9.17) is 11.6 Å². The number of methoxy groups -OCH3 is 1. The van der Waals surface area contributed by atoms with E-state index in [0.29, 0.717) is 5.56 Å². The summed E-state index contributed by atoms with van der Waals surface area (Å²) in [6.45, 7) is 0. The maximum absolute atomic E-state index is 12.9. The van der Waals surface area contributed by atoms with Crippen molar-refractivity contribution in [3.8, 4) is 0 Å². The smallest absolute Gasteiger partial charge is 0.311 e. The molecule has 0 spiro atoms. The first kappa shape index (κ1) is 14.3. The quantitative estimate of drug-likeness (QED) is 0.629. The third-order valence-electron chi connectivity index (χ3n) is 2.11. The maximum Gasteiger partial charge on any atom is 0.311 e. The van der Waals surface area contributed by atoms with E-state index in [-0.39, 0.29) is 28.0 Å². The first-order valence-electron chi connectivity index (χ1n) is 4.58. The number of nitrogens with zero attached hydrogens (tertiary/aromatic N) is 1. The Morgan fingerprint density at radius 2 is 2.29 bits per heavy atom. The predicted molar refractivity (Wildman–Crippen MR) is 62.2 cm³/mol. The van der Waals surface area contributed by atoms with Crippen molar-refractivity contribution in [1.82, 2.24) is 4.98 Å².